The number of benzene rings is 3. The summed E-state index contributed by atoms with van der Waals surface area (Å²) >= 11 is 0. The van der Waals surface area contributed by atoms with Gasteiger partial charge in [-0.05, 0) is 64.6 Å². The average Bonchev–Trinajstić information content (AvgIpc) is 3.48. The summed E-state index contributed by atoms with van der Waals surface area (Å²) in [6, 6.07) is 17.8. The Morgan fingerprint density at radius 2 is 1.84 bits per heavy atom. The van der Waals surface area contributed by atoms with E-state index in [1.165, 1.54) is 21.9 Å². The fourth-order valence-electron chi connectivity index (χ4n) is 4.20. The van der Waals surface area contributed by atoms with E-state index in [4.69, 9.17) is 9.47 Å². The van der Waals surface area contributed by atoms with Gasteiger partial charge in [0.1, 0.15) is 5.69 Å². The van der Waals surface area contributed by atoms with E-state index < -0.39 is 0 Å². The van der Waals surface area contributed by atoms with Crippen molar-refractivity contribution in [3.8, 4) is 22.8 Å². The first kappa shape index (κ1) is 19.8. The minimum atomic E-state index is -0.369. The number of aryl methyl sites for hydroxylation is 2. The molecule has 0 saturated carbocycles. The molecule has 1 aliphatic rings. The number of aromatic amines is 1. The summed E-state index contributed by atoms with van der Waals surface area (Å²) in [7, 11) is 3.15. The Bertz CT molecular complexity index is 1350. The molecule has 1 heterocycles. The molecule has 1 amide bonds. The Kier molecular flexibility index (Phi) is 5.07. The Balaban J connectivity index is 1.34. The third-order valence-corrected chi connectivity index (χ3v) is 5.76. The molecule has 160 valence electrons. The standard InChI is InChI=1S/C25H22N4O3/c1-31-22-11-6-15(12-23(22)32-2)14-26-29-25(30)21-13-20(27-28-21)18-10-9-17-8-7-16-4-3-5-19(18)24(16)17/h3-6,9-14H,7-8H2,1-2H3,(H,27,28)(H,29,30)/b26-14+. The van der Waals surface area contributed by atoms with Crippen molar-refractivity contribution in [1.29, 1.82) is 0 Å². The number of H-pyrrole nitrogens is 1. The van der Waals surface area contributed by atoms with E-state index in [0.29, 0.717) is 17.2 Å². The van der Waals surface area contributed by atoms with Crippen molar-refractivity contribution in [2.24, 2.45) is 5.10 Å². The van der Waals surface area contributed by atoms with E-state index in [9.17, 15) is 4.79 Å². The number of hydrazone groups is 1. The van der Waals surface area contributed by atoms with Gasteiger partial charge in [-0.15, -0.1) is 0 Å². The van der Waals surface area contributed by atoms with Crippen molar-refractivity contribution in [2.45, 2.75) is 12.8 Å². The minimum Gasteiger partial charge on any atom is -0.493 e. The molecule has 7 heteroatoms. The largest absolute Gasteiger partial charge is 0.493 e. The van der Waals surface area contributed by atoms with Crippen molar-refractivity contribution in [3.05, 3.63) is 77.0 Å². The zero-order valence-corrected chi connectivity index (χ0v) is 17.8. The molecule has 4 aromatic rings. The van der Waals surface area contributed by atoms with Gasteiger partial charge in [-0.25, -0.2) is 5.43 Å². The summed E-state index contributed by atoms with van der Waals surface area (Å²) in [6.07, 6.45) is 3.69. The summed E-state index contributed by atoms with van der Waals surface area (Å²) in [5.41, 5.74) is 8.12. The first-order valence-electron chi connectivity index (χ1n) is 10.3. The zero-order chi connectivity index (χ0) is 22.1. The van der Waals surface area contributed by atoms with Crippen molar-refractivity contribution < 1.29 is 14.3 Å². The lowest BCUT2D eigenvalue weighted by molar-refractivity contribution is 0.0950. The van der Waals surface area contributed by atoms with E-state index in [1.807, 2.05) is 6.07 Å². The highest BCUT2D eigenvalue weighted by molar-refractivity contribution is 6.02. The molecular weight excluding hydrogens is 404 g/mol. The number of nitrogens with one attached hydrogen (secondary N) is 2. The maximum absolute atomic E-state index is 12.5. The highest BCUT2D eigenvalue weighted by atomic mass is 16.5. The van der Waals surface area contributed by atoms with Crippen molar-refractivity contribution in [2.75, 3.05) is 14.2 Å². The van der Waals surface area contributed by atoms with E-state index in [0.717, 1.165) is 29.7 Å². The van der Waals surface area contributed by atoms with Crippen LogP contribution in [0.3, 0.4) is 0 Å². The lowest BCUT2D eigenvalue weighted by Gasteiger charge is -2.07. The number of hydrogen-bond acceptors (Lipinski definition) is 5. The predicted octanol–water partition coefficient (Wildman–Crippen LogP) is 4.11. The highest BCUT2D eigenvalue weighted by Crippen LogP contribution is 2.36. The van der Waals surface area contributed by atoms with Crippen LogP contribution in [0.15, 0.2) is 59.7 Å². The Morgan fingerprint density at radius 1 is 1.03 bits per heavy atom. The van der Waals surface area contributed by atoms with E-state index >= 15 is 0 Å². The van der Waals surface area contributed by atoms with Crippen molar-refractivity contribution in [3.63, 3.8) is 0 Å². The van der Waals surface area contributed by atoms with Crippen LogP contribution in [0.25, 0.3) is 22.0 Å². The van der Waals surface area contributed by atoms with Crippen LogP contribution in [0.2, 0.25) is 0 Å². The smallest absolute Gasteiger partial charge is 0.289 e. The molecule has 5 rings (SSSR count). The number of rotatable bonds is 6. The van der Waals surface area contributed by atoms with Crippen LogP contribution in [-0.4, -0.2) is 36.5 Å². The number of amides is 1. The van der Waals surface area contributed by atoms with Crippen LogP contribution in [0, 0.1) is 0 Å². The summed E-state index contributed by atoms with van der Waals surface area (Å²) in [5.74, 6) is 0.847. The minimum absolute atomic E-state index is 0.340. The van der Waals surface area contributed by atoms with Gasteiger partial charge in [0, 0.05) is 5.56 Å². The fraction of sp³-hybridized carbons (Fsp3) is 0.160. The fourth-order valence-corrected chi connectivity index (χ4v) is 4.20. The number of ether oxygens (including phenoxy) is 2. The zero-order valence-electron chi connectivity index (χ0n) is 17.8. The predicted molar refractivity (Wildman–Crippen MR) is 124 cm³/mol. The molecule has 1 aliphatic carbocycles. The van der Waals surface area contributed by atoms with Gasteiger partial charge in [0.15, 0.2) is 11.5 Å². The highest BCUT2D eigenvalue weighted by Gasteiger charge is 2.18. The Hall–Kier alpha value is -4.13. The molecule has 0 aliphatic heterocycles. The van der Waals surface area contributed by atoms with Gasteiger partial charge in [-0.1, -0.05) is 30.3 Å². The maximum Gasteiger partial charge on any atom is 0.289 e. The first-order valence-corrected chi connectivity index (χ1v) is 10.3. The van der Waals surface area contributed by atoms with Gasteiger partial charge in [0.2, 0.25) is 0 Å². The molecular formula is C25H22N4O3. The number of nitrogens with zero attached hydrogens (tertiary/aromatic N) is 2. The molecule has 0 spiro atoms. The Morgan fingerprint density at radius 3 is 2.66 bits per heavy atom. The van der Waals surface area contributed by atoms with Crippen LogP contribution in [0.5, 0.6) is 11.5 Å². The molecule has 32 heavy (non-hydrogen) atoms. The molecule has 0 fully saturated rings. The second kappa shape index (κ2) is 8.19. The lowest BCUT2D eigenvalue weighted by atomic mass is 9.98. The Labute approximate surface area is 185 Å². The monoisotopic (exact) mass is 426 g/mol. The molecule has 0 atom stereocenters. The molecule has 3 aromatic carbocycles. The van der Waals surface area contributed by atoms with Crippen LogP contribution >= 0.6 is 0 Å². The molecule has 1 aromatic heterocycles. The molecule has 0 unspecified atom stereocenters. The van der Waals surface area contributed by atoms with Gasteiger partial charge >= 0.3 is 0 Å². The first-order chi connectivity index (χ1) is 15.7. The summed E-state index contributed by atoms with van der Waals surface area (Å²) in [5, 5.41) is 13.7. The van der Waals surface area contributed by atoms with Gasteiger partial charge in [0.25, 0.3) is 5.91 Å². The summed E-state index contributed by atoms with van der Waals surface area (Å²) in [6.45, 7) is 0. The maximum atomic E-state index is 12.5. The topological polar surface area (TPSA) is 88.6 Å². The van der Waals surface area contributed by atoms with Crippen LogP contribution in [0.1, 0.15) is 27.2 Å². The SMILES string of the molecule is COc1ccc(/C=N/NC(=O)c2cc(-c3ccc4c5c(cccc35)CC4)n[nH]2)cc1OC. The number of carbonyl (C=O) groups excluding carboxylic acids is 1. The van der Waals surface area contributed by atoms with Gasteiger partial charge in [-0.3, -0.25) is 9.89 Å². The quantitative estimate of drug-likeness (QED) is 0.359. The normalized spacial score (nSPS) is 12.4. The molecule has 7 nitrogen and oxygen atoms in total. The number of methoxy groups -OCH3 is 2. The molecule has 2 N–H and O–H groups in total. The van der Waals surface area contributed by atoms with Crippen molar-refractivity contribution in [1.82, 2.24) is 15.6 Å². The van der Waals surface area contributed by atoms with Gasteiger partial charge in [0.05, 0.1) is 26.1 Å². The van der Waals surface area contributed by atoms with Gasteiger partial charge < -0.3 is 9.47 Å². The third-order valence-electron chi connectivity index (χ3n) is 5.76. The summed E-state index contributed by atoms with van der Waals surface area (Å²) in [4.78, 5) is 12.5. The van der Waals surface area contributed by atoms with Crippen molar-refractivity contribution >= 4 is 22.9 Å². The third kappa shape index (κ3) is 3.47. The molecule has 0 bridgehead atoms. The van der Waals surface area contributed by atoms with Crippen LogP contribution in [-0.2, 0) is 12.8 Å². The molecule has 0 radical (unpaired) electrons. The number of aromatic nitrogens is 2. The van der Waals surface area contributed by atoms with E-state index in [-0.39, 0.29) is 5.91 Å². The second-order valence-electron chi connectivity index (χ2n) is 7.59. The lowest BCUT2D eigenvalue weighted by Crippen LogP contribution is -2.18. The van der Waals surface area contributed by atoms with E-state index in [2.05, 4.69) is 51.1 Å². The average molecular weight is 426 g/mol. The second-order valence-corrected chi connectivity index (χ2v) is 7.59. The summed E-state index contributed by atoms with van der Waals surface area (Å²) < 4.78 is 10.5. The molecule has 0 saturated heterocycles. The number of hydrogen-bond donors (Lipinski definition) is 2. The van der Waals surface area contributed by atoms with E-state index in [1.54, 1.807) is 38.6 Å². The number of carbonyl (C=O) groups is 1. The van der Waals surface area contributed by atoms with Crippen LogP contribution in [0.4, 0.5) is 0 Å². The van der Waals surface area contributed by atoms with Gasteiger partial charge in [-0.2, -0.15) is 10.2 Å². The van der Waals surface area contributed by atoms with Crippen LogP contribution < -0.4 is 14.9 Å².